The number of benzene rings is 1. The monoisotopic (exact) mass is 493 g/mol. The van der Waals surface area contributed by atoms with Gasteiger partial charge in [0.15, 0.2) is 5.76 Å². The molecule has 0 aliphatic carbocycles. The molecule has 1 N–H and O–H groups in total. The molecule has 35 heavy (non-hydrogen) atoms. The van der Waals surface area contributed by atoms with Crippen molar-refractivity contribution in [2.24, 2.45) is 0 Å². The summed E-state index contributed by atoms with van der Waals surface area (Å²) in [6, 6.07) is 9.62. The molecule has 184 valence electrons. The van der Waals surface area contributed by atoms with Gasteiger partial charge in [-0.2, -0.15) is 10.2 Å². The van der Waals surface area contributed by atoms with Crippen molar-refractivity contribution >= 4 is 11.6 Å². The van der Waals surface area contributed by atoms with Crippen LogP contribution in [0.1, 0.15) is 57.5 Å². The van der Waals surface area contributed by atoms with Crippen molar-refractivity contribution in [3.63, 3.8) is 0 Å². The van der Waals surface area contributed by atoms with Gasteiger partial charge in [0.05, 0.1) is 30.2 Å². The molecule has 0 saturated heterocycles. The quantitative estimate of drug-likeness (QED) is 0.322. The van der Waals surface area contributed by atoms with Crippen LogP contribution in [-0.2, 0) is 13.1 Å². The number of nitrogens with zero attached hydrogens (tertiary/aromatic N) is 4. The highest BCUT2D eigenvalue weighted by Gasteiger charge is 2.23. The molecule has 4 aromatic rings. The summed E-state index contributed by atoms with van der Waals surface area (Å²) in [5, 5.41) is 10.6. The van der Waals surface area contributed by atoms with E-state index in [0.29, 0.717) is 33.4 Å². The third-order valence-electron chi connectivity index (χ3n) is 5.37. The van der Waals surface area contributed by atoms with Crippen molar-refractivity contribution in [1.29, 1.82) is 0 Å². The van der Waals surface area contributed by atoms with Gasteiger partial charge in [-0.1, -0.05) is 18.2 Å². The Kier molecular flexibility index (Phi) is 6.72. The van der Waals surface area contributed by atoms with Crippen molar-refractivity contribution in [2.45, 2.75) is 39.8 Å². The molecule has 12 heteroatoms. The summed E-state index contributed by atoms with van der Waals surface area (Å²) in [7, 11) is 0. The van der Waals surface area contributed by atoms with Gasteiger partial charge in [-0.25, -0.2) is 22.0 Å². The first-order valence-corrected chi connectivity index (χ1v) is 10.5. The fraction of sp³-hybridized carbons (Fsp3) is 0.261. The Morgan fingerprint density at radius 1 is 1.00 bits per heavy atom. The fourth-order valence-electron chi connectivity index (χ4n) is 3.59. The number of rotatable bonds is 8. The van der Waals surface area contributed by atoms with E-state index in [1.54, 1.807) is 36.7 Å². The predicted molar refractivity (Wildman–Crippen MR) is 115 cm³/mol. The predicted octanol–water partition coefficient (Wildman–Crippen LogP) is 5.65. The number of alkyl halides is 4. The van der Waals surface area contributed by atoms with Gasteiger partial charge in [0.2, 0.25) is 0 Å². The average Bonchev–Trinajstić information content (AvgIpc) is 3.51. The van der Waals surface area contributed by atoms with Crippen LogP contribution in [0.3, 0.4) is 0 Å². The number of aromatic nitrogens is 4. The number of furan rings is 1. The first-order chi connectivity index (χ1) is 16.6. The average molecular weight is 493 g/mol. The topological polar surface area (TPSA) is 77.9 Å². The SMILES string of the molecule is Cc1nn(Cc2ccccc2F)c(C)c1NC(=O)c1ccc(Cn2nc(C(F)F)cc2C(F)F)o1. The van der Waals surface area contributed by atoms with Crippen LogP contribution >= 0.6 is 0 Å². The molecule has 0 radical (unpaired) electrons. The van der Waals surface area contributed by atoms with E-state index >= 15 is 0 Å². The van der Waals surface area contributed by atoms with Crippen LogP contribution in [0, 0.1) is 19.7 Å². The Balaban J connectivity index is 1.49. The highest BCUT2D eigenvalue weighted by molar-refractivity contribution is 6.02. The van der Waals surface area contributed by atoms with Crippen LogP contribution < -0.4 is 5.32 Å². The molecule has 0 aliphatic heterocycles. The number of aryl methyl sites for hydroxylation is 1. The van der Waals surface area contributed by atoms with Crippen LogP contribution in [0.5, 0.6) is 0 Å². The molecule has 0 fully saturated rings. The molecule has 3 heterocycles. The lowest BCUT2D eigenvalue weighted by Gasteiger charge is -2.07. The summed E-state index contributed by atoms with van der Waals surface area (Å²) in [5.41, 5.74) is 0.473. The lowest BCUT2D eigenvalue weighted by Crippen LogP contribution is -2.13. The third kappa shape index (κ3) is 5.10. The minimum atomic E-state index is -3.01. The van der Waals surface area contributed by atoms with Crippen LogP contribution in [-0.4, -0.2) is 25.5 Å². The molecule has 0 spiro atoms. The Labute approximate surface area is 196 Å². The van der Waals surface area contributed by atoms with E-state index in [9.17, 15) is 26.7 Å². The summed E-state index contributed by atoms with van der Waals surface area (Å²) in [6.07, 6.45) is -6.02. The number of carbonyl (C=O) groups is 1. The van der Waals surface area contributed by atoms with Gasteiger partial charge in [0, 0.05) is 5.56 Å². The Morgan fingerprint density at radius 2 is 1.74 bits per heavy atom. The molecular formula is C23H20F5N5O2. The molecule has 1 amide bonds. The summed E-state index contributed by atoms with van der Waals surface area (Å²) < 4.78 is 73.8. The van der Waals surface area contributed by atoms with Gasteiger partial charge in [0.25, 0.3) is 18.8 Å². The summed E-state index contributed by atoms with van der Waals surface area (Å²) in [5.74, 6) is -1.05. The maximum Gasteiger partial charge on any atom is 0.291 e. The molecule has 3 aromatic heterocycles. The van der Waals surface area contributed by atoms with Crippen molar-refractivity contribution in [2.75, 3.05) is 5.32 Å². The van der Waals surface area contributed by atoms with E-state index in [1.807, 2.05) is 0 Å². The first-order valence-electron chi connectivity index (χ1n) is 10.5. The van der Waals surface area contributed by atoms with Gasteiger partial charge in [-0.05, 0) is 38.1 Å². The number of carbonyl (C=O) groups excluding carboxylic acids is 1. The normalized spacial score (nSPS) is 11.6. The van der Waals surface area contributed by atoms with Crippen molar-refractivity contribution < 1.29 is 31.2 Å². The summed E-state index contributed by atoms with van der Waals surface area (Å²) >= 11 is 0. The first kappa shape index (κ1) is 24.2. The number of halogens is 5. The molecule has 0 unspecified atom stereocenters. The zero-order chi connectivity index (χ0) is 25.3. The maximum absolute atomic E-state index is 14.0. The molecule has 0 saturated carbocycles. The zero-order valence-corrected chi connectivity index (χ0v) is 18.6. The second-order valence-electron chi connectivity index (χ2n) is 7.77. The van der Waals surface area contributed by atoms with Gasteiger partial charge >= 0.3 is 0 Å². The lowest BCUT2D eigenvalue weighted by molar-refractivity contribution is 0.0993. The largest absolute Gasteiger partial charge is 0.454 e. The van der Waals surface area contributed by atoms with Gasteiger partial charge in [-0.15, -0.1) is 0 Å². The number of anilines is 1. The highest BCUT2D eigenvalue weighted by atomic mass is 19.3. The van der Waals surface area contributed by atoms with E-state index in [1.165, 1.54) is 18.2 Å². The van der Waals surface area contributed by atoms with Gasteiger partial charge in [0.1, 0.15) is 23.0 Å². The molecule has 7 nitrogen and oxygen atoms in total. The lowest BCUT2D eigenvalue weighted by atomic mass is 10.2. The van der Waals surface area contributed by atoms with E-state index in [2.05, 4.69) is 15.5 Å². The Hall–Kier alpha value is -3.96. The number of hydrogen-bond acceptors (Lipinski definition) is 4. The Morgan fingerprint density at radius 3 is 2.43 bits per heavy atom. The molecule has 4 rings (SSSR count). The minimum Gasteiger partial charge on any atom is -0.454 e. The third-order valence-corrected chi connectivity index (χ3v) is 5.37. The fourth-order valence-corrected chi connectivity index (χ4v) is 3.59. The van der Waals surface area contributed by atoms with E-state index in [-0.39, 0.29) is 30.4 Å². The van der Waals surface area contributed by atoms with Crippen molar-refractivity contribution in [1.82, 2.24) is 19.6 Å². The zero-order valence-electron chi connectivity index (χ0n) is 18.6. The second-order valence-corrected chi connectivity index (χ2v) is 7.77. The van der Waals surface area contributed by atoms with Crippen LogP contribution in [0.2, 0.25) is 0 Å². The van der Waals surface area contributed by atoms with Crippen molar-refractivity contribution in [3.8, 4) is 0 Å². The number of nitrogens with one attached hydrogen (secondary N) is 1. The summed E-state index contributed by atoms with van der Waals surface area (Å²) in [6.45, 7) is 3.20. The van der Waals surface area contributed by atoms with Crippen LogP contribution in [0.4, 0.5) is 27.6 Å². The molecule has 0 aliphatic rings. The standard InChI is InChI=1S/C23H20F5N5O2/c1-12-20(13(2)32(30-12)10-14-5-3-4-6-16(14)24)29-23(34)19-8-7-15(35-19)11-33-18(22(27)28)9-17(31-33)21(25)26/h3-9,21-22H,10-11H2,1-2H3,(H,29,34). The van der Waals surface area contributed by atoms with Crippen LogP contribution in [0.15, 0.2) is 46.9 Å². The second kappa shape index (κ2) is 9.72. The molecule has 0 bridgehead atoms. The van der Waals surface area contributed by atoms with Gasteiger partial charge in [-0.3, -0.25) is 14.2 Å². The molecular weight excluding hydrogens is 473 g/mol. The van der Waals surface area contributed by atoms with Crippen molar-refractivity contribution in [3.05, 3.63) is 88.1 Å². The molecule has 1 aromatic carbocycles. The van der Waals surface area contributed by atoms with Crippen LogP contribution in [0.25, 0.3) is 0 Å². The molecule has 0 atom stereocenters. The number of amides is 1. The maximum atomic E-state index is 14.0. The van der Waals surface area contributed by atoms with E-state index in [4.69, 9.17) is 4.42 Å². The minimum absolute atomic E-state index is 0.0738. The number of hydrogen-bond donors (Lipinski definition) is 1. The highest BCUT2D eigenvalue weighted by Crippen LogP contribution is 2.26. The van der Waals surface area contributed by atoms with Gasteiger partial charge < -0.3 is 9.73 Å². The summed E-state index contributed by atoms with van der Waals surface area (Å²) in [4.78, 5) is 12.7. The van der Waals surface area contributed by atoms with E-state index in [0.717, 1.165) is 0 Å². The van der Waals surface area contributed by atoms with E-state index < -0.39 is 30.1 Å². The Bertz CT molecular complexity index is 1360. The smallest absolute Gasteiger partial charge is 0.291 e.